The van der Waals surface area contributed by atoms with Crippen LogP contribution in [0.15, 0.2) is 84.9 Å². The maximum atomic E-state index is 5.20. The monoisotopic (exact) mass is 367 g/mol. The highest BCUT2D eigenvalue weighted by atomic mass is 16.5. The molecule has 4 rings (SSSR count). The van der Waals surface area contributed by atoms with Crippen LogP contribution in [0.2, 0.25) is 0 Å². The molecule has 0 aliphatic carbocycles. The second-order valence-electron chi connectivity index (χ2n) is 6.40. The van der Waals surface area contributed by atoms with Crippen LogP contribution in [0, 0.1) is 0 Å². The van der Waals surface area contributed by atoms with Gasteiger partial charge in [-0.2, -0.15) is 0 Å². The number of nitrogens with zero attached hydrogens (tertiary/aromatic N) is 3. The zero-order valence-corrected chi connectivity index (χ0v) is 15.7. The topological polar surface area (TPSA) is 39.9 Å². The Morgan fingerprint density at radius 3 is 2.18 bits per heavy atom. The van der Waals surface area contributed by atoms with E-state index in [2.05, 4.69) is 12.1 Å². The highest BCUT2D eigenvalue weighted by Crippen LogP contribution is 2.16. The van der Waals surface area contributed by atoms with Crippen LogP contribution in [0.25, 0.3) is 17.8 Å². The summed E-state index contributed by atoms with van der Waals surface area (Å²) in [5.74, 6) is 2.44. The summed E-state index contributed by atoms with van der Waals surface area (Å²) in [6.45, 7) is 0. The molecule has 138 valence electrons. The Labute approximate surface area is 164 Å². The summed E-state index contributed by atoms with van der Waals surface area (Å²) in [6.07, 6.45) is 4.67. The third-order valence-electron chi connectivity index (χ3n) is 4.44. The van der Waals surface area contributed by atoms with Gasteiger partial charge < -0.3 is 4.74 Å². The summed E-state index contributed by atoms with van der Waals surface area (Å²) in [5.41, 5.74) is 3.28. The summed E-state index contributed by atoms with van der Waals surface area (Å²) in [7, 11) is 1.67. The van der Waals surface area contributed by atoms with E-state index in [9.17, 15) is 0 Å². The van der Waals surface area contributed by atoms with E-state index in [0.717, 1.165) is 29.2 Å². The molecular weight excluding hydrogens is 346 g/mol. The molecule has 0 N–H and O–H groups in total. The Bertz CT molecular complexity index is 1050. The van der Waals surface area contributed by atoms with Gasteiger partial charge in [0.15, 0.2) is 5.82 Å². The smallest absolute Gasteiger partial charge is 0.174 e. The molecule has 0 saturated carbocycles. The largest absolute Gasteiger partial charge is 0.497 e. The van der Waals surface area contributed by atoms with Crippen LogP contribution in [0.1, 0.15) is 22.8 Å². The second kappa shape index (κ2) is 8.35. The third kappa shape index (κ3) is 4.18. The lowest BCUT2D eigenvalue weighted by Crippen LogP contribution is -2.03. The molecule has 0 atom stereocenters. The number of ether oxygens (including phenoxy) is 1. The fourth-order valence-corrected chi connectivity index (χ4v) is 2.99. The number of hydrogen-bond acceptors (Lipinski definition) is 3. The van der Waals surface area contributed by atoms with Gasteiger partial charge in [0.2, 0.25) is 0 Å². The summed E-state index contributed by atoms with van der Waals surface area (Å²) < 4.78 is 7.12. The molecule has 0 radical (unpaired) electrons. The van der Waals surface area contributed by atoms with Crippen LogP contribution in [-0.2, 0) is 6.42 Å². The van der Waals surface area contributed by atoms with Crippen molar-refractivity contribution in [1.82, 2.24) is 14.8 Å². The molecule has 0 saturated heterocycles. The van der Waals surface area contributed by atoms with Gasteiger partial charge in [-0.25, -0.2) is 9.67 Å². The number of rotatable bonds is 6. The maximum absolute atomic E-state index is 5.20. The Hall–Kier alpha value is -3.66. The van der Waals surface area contributed by atoms with Crippen molar-refractivity contribution >= 4 is 12.2 Å². The molecule has 0 bridgehead atoms. The molecule has 0 aliphatic rings. The Kier molecular flexibility index (Phi) is 5.29. The fraction of sp³-hybridized carbons (Fsp3) is 0.0833. The Morgan fingerprint density at radius 2 is 1.50 bits per heavy atom. The highest BCUT2D eigenvalue weighted by Gasteiger charge is 2.11. The average molecular weight is 367 g/mol. The average Bonchev–Trinajstić information content (AvgIpc) is 3.16. The third-order valence-corrected chi connectivity index (χ3v) is 4.44. The van der Waals surface area contributed by atoms with E-state index in [1.807, 2.05) is 89.6 Å². The van der Waals surface area contributed by atoms with Gasteiger partial charge in [-0.3, -0.25) is 0 Å². The van der Waals surface area contributed by atoms with Crippen molar-refractivity contribution < 1.29 is 4.74 Å². The molecule has 3 aromatic carbocycles. The first-order valence-electron chi connectivity index (χ1n) is 9.19. The molecule has 0 unspecified atom stereocenters. The normalized spacial score (nSPS) is 11.0. The van der Waals surface area contributed by atoms with Crippen molar-refractivity contribution in [2.24, 2.45) is 0 Å². The first-order chi connectivity index (χ1) is 13.8. The van der Waals surface area contributed by atoms with E-state index >= 15 is 0 Å². The van der Waals surface area contributed by atoms with E-state index in [0.29, 0.717) is 5.82 Å². The minimum atomic E-state index is 0.686. The molecule has 4 aromatic rings. The van der Waals surface area contributed by atoms with Gasteiger partial charge in [0, 0.05) is 6.42 Å². The predicted molar refractivity (Wildman–Crippen MR) is 113 cm³/mol. The Morgan fingerprint density at radius 1 is 0.821 bits per heavy atom. The van der Waals surface area contributed by atoms with E-state index in [1.165, 1.54) is 5.56 Å². The molecule has 1 aromatic heterocycles. The van der Waals surface area contributed by atoms with Gasteiger partial charge in [-0.05, 0) is 41.5 Å². The fourth-order valence-electron chi connectivity index (χ4n) is 2.99. The molecule has 0 aliphatic heterocycles. The van der Waals surface area contributed by atoms with E-state index < -0.39 is 0 Å². The van der Waals surface area contributed by atoms with Crippen molar-refractivity contribution in [2.45, 2.75) is 6.42 Å². The molecule has 4 nitrogen and oxygen atoms in total. The van der Waals surface area contributed by atoms with Gasteiger partial charge in [0.1, 0.15) is 11.6 Å². The lowest BCUT2D eigenvalue weighted by molar-refractivity contribution is 0.415. The van der Waals surface area contributed by atoms with Gasteiger partial charge in [-0.15, -0.1) is 5.10 Å². The highest BCUT2D eigenvalue weighted by molar-refractivity contribution is 5.67. The maximum Gasteiger partial charge on any atom is 0.174 e. The van der Waals surface area contributed by atoms with Gasteiger partial charge in [0.25, 0.3) is 0 Å². The number of methoxy groups -OCH3 is 1. The molecule has 28 heavy (non-hydrogen) atoms. The van der Waals surface area contributed by atoms with Gasteiger partial charge >= 0.3 is 0 Å². The lowest BCUT2D eigenvalue weighted by Gasteiger charge is -2.05. The van der Waals surface area contributed by atoms with Crippen molar-refractivity contribution in [1.29, 1.82) is 0 Å². The zero-order chi connectivity index (χ0) is 19.2. The number of para-hydroxylation sites is 1. The van der Waals surface area contributed by atoms with Crippen LogP contribution in [-0.4, -0.2) is 21.9 Å². The van der Waals surface area contributed by atoms with Crippen LogP contribution in [0.3, 0.4) is 0 Å². The van der Waals surface area contributed by atoms with Crippen LogP contribution >= 0.6 is 0 Å². The first kappa shape index (κ1) is 17.7. The number of aromatic nitrogens is 3. The standard InChI is InChI=1S/C24H21N3O/c1-28-22-15-12-19(13-16-22)14-17-23-25-24(18-20-8-4-2-5-9-20)27(26-23)21-10-6-3-7-11-21/h2-17H,18H2,1H3. The van der Waals surface area contributed by atoms with E-state index in [4.69, 9.17) is 14.8 Å². The molecule has 0 fully saturated rings. The minimum Gasteiger partial charge on any atom is -0.497 e. The number of hydrogen-bond donors (Lipinski definition) is 0. The quantitative estimate of drug-likeness (QED) is 0.479. The van der Waals surface area contributed by atoms with Gasteiger partial charge in [-0.1, -0.05) is 66.7 Å². The van der Waals surface area contributed by atoms with Gasteiger partial charge in [0.05, 0.1) is 12.8 Å². The van der Waals surface area contributed by atoms with E-state index in [-0.39, 0.29) is 0 Å². The van der Waals surface area contributed by atoms with Crippen molar-refractivity contribution in [3.05, 3.63) is 108 Å². The Balaban J connectivity index is 1.65. The summed E-state index contributed by atoms with van der Waals surface area (Å²) in [6, 6.07) is 28.3. The minimum absolute atomic E-state index is 0.686. The van der Waals surface area contributed by atoms with Crippen LogP contribution in [0.5, 0.6) is 5.75 Å². The van der Waals surface area contributed by atoms with Crippen LogP contribution in [0.4, 0.5) is 0 Å². The van der Waals surface area contributed by atoms with Crippen LogP contribution < -0.4 is 4.74 Å². The summed E-state index contributed by atoms with van der Waals surface area (Å²) >= 11 is 0. The zero-order valence-electron chi connectivity index (χ0n) is 15.7. The van der Waals surface area contributed by atoms with Crippen molar-refractivity contribution in [2.75, 3.05) is 7.11 Å². The van der Waals surface area contributed by atoms with Crippen molar-refractivity contribution in [3.63, 3.8) is 0 Å². The SMILES string of the molecule is COc1ccc(C=Cc2nc(Cc3ccccc3)n(-c3ccccc3)n2)cc1. The number of benzene rings is 3. The lowest BCUT2D eigenvalue weighted by atomic mass is 10.1. The molecule has 4 heteroatoms. The first-order valence-corrected chi connectivity index (χ1v) is 9.19. The van der Waals surface area contributed by atoms with E-state index in [1.54, 1.807) is 7.11 Å². The second-order valence-corrected chi connectivity index (χ2v) is 6.40. The molecule has 0 amide bonds. The molecular formula is C24H21N3O. The summed E-state index contributed by atoms with van der Waals surface area (Å²) in [4.78, 5) is 4.77. The summed E-state index contributed by atoms with van der Waals surface area (Å²) in [5, 5.41) is 4.72. The molecule has 1 heterocycles. The van der Waals surface area contributed by atoms with Crippen molar-refractivity contribution in [3.8, 4) is 11.4 Å². The molecule has 0 spiro atoms. The predicted octanol–water partition coefficient (Wildman–Crippen LogP) is 5.04.